The van der Waals surface area contributed by atoms with E-state index in [4.69, 9.17) is 0 Å². The molecular weight excluding hydrogens is 308 g/mol. The minimum absolute atomic E-state index is 0.0399. The minimum Gasteiger partial charge on any atom is -0.480 e. The number of halogens is 2. The van der Waals surface area contributed by atoms with Gasteiger partial charge in [0.1, 0.15) is 23.5 Å². The summed E-state index contributed by atoms with van der Waals surface area (Å²) in [6.07, 6.45) is 0.994. The first kappa shape index (κ1) is 17.1. The van der Waals surface area contributed by atoms with Crippen LogP contribution in [0.3, 0.4) is 0 Å². The van der Waals surface area contributed by atoms with Crippen LogP contribution in [0, 0.1) is 17.6 Å². The van der Waals surface area contributed by atoms with Crippen LogP contribution in [0.5, 0.6) is 0 Å². The largest absolute Gasteiger partial charge is 0.480 e. The molecule has 1 aliphatic carbocycles. The van der Waals surface area contributed by atoms with Gasteiger partial charge in [0.05, 0.1) is 6.42 Å². The van der Waals surface area contributed by atoms with E-state index in [2.05, 4.69) is 5.32 Å². The maximum atomic E-state index is 13.5. The Morgan fingerprint density at radius 1 is 1.30 bits per heavy atom. The molecule has 2 N–H and O–H groups in total. The van der Waals surface area contributed by atoms with Crippen molar-refractivity contribution < 1.29 is 28.3 Å². The second-order valence-corrected chi connectivity index (χ2v) is 5.66. The fourth-order valence-corrected chi connectivity index (χ4v) is 2.81. The quantitative estimate of drug-likeness (QED) is 0.865. The van der Waals surface area contributed by atoms with Crippen LogP contribution in [0.1, 0.15) is 31.2 Å². The van der Waals surface area contributed by atoms with E-state index in [0.29, 0.717) is 19.3 Å². The zero-order valence-corrected chi connectivity index (χ0v) is 12.4. The molecule has 124 valence electrons. The molecule has 0 unspecified atom stereocenters. The first-order valence-electron chi connectivity index (χ1n) is 7.35. The van der Waals surface area contributed by atoms with E-state index in [1.807, 2.05) is 0 Å². The number of carbonyl (C=O) groups is 3. The number of aliphatic carboxylic acids is 1. The fourth-order valence-electron chi connectivity index (χ4n) is 2.81. The fraction of sp³-hybridized carbons (Fsp3) is 0.438. The highest BCUT2D eigenvalue weighted by molar-refractivity contribution is 5.86. The second kappa shape index (κ2) is 7.30. The third-order valence-electron chi connectivity index (χ3n) is 3.97. The zero-order chi connectivity index (χ0) is 17.0. The van der Waals surface area contributed by atoms with Crippen molar-refractivity contribution in [3.05, 3.63) is 35.4 Å². The summed E-state index contributed by atoms with van der Waals surface area (Å²) in [7, 11) is 0. The lowest BCUT2D eigenvalue weighted by molar-refractivity contribution is -0.144. The van der Waals surface area contributed by atoms with Gasteiger partial charge >= 0.3 is 5.97 Å². The maximum Gasteiger partial charge on any atom is 0.326 e. The average Bonchev–Trinajstić information content (AvgIpc) is 2.48. The van der Waals surface area contributed by atoms with Gasteiger partial charge < -0.3 is 10.4 Å². The maximum absolute atomic E-state index is 13.5. The van der Waals surface area contributed by atoms with E-state index in [1.165, 1.54) is 6.07 Å². The number of carboxylic acid groups (broad SMARTS) is 1. The van der Waals surface area contributed by atoms with Crippen LogP contribution in [0.4, 0.5) is 8.78 Å². The highest BCUT2D eigenvalue weighted by Gasteiger charge is 2.33. The molecule has 0 saturated heterocycles. The van der Waals surface area contributed by atoms with Gasteiger partial charge in [0.15, 0.2) is 0 Å². The van der Waals surface area contributed by atoms with Crippen molar-refractivity contribution in [2.24, 2.45) is 5.92 Å². The van der Waals surface area contributed by atoms with Gasteiger partial charge in [-0.15, -0.1) is 0 Å². The molecule has 0 heterocycles. The number of nitrogens with one attached hydrogen (secondary N) is 1. The van der Waals surface area contributed by atoms with Gasteiger partial charge in [0.25, 0.3) is 0 Å². The smallest absolute Gasteiger partial charge is 0.326 e. The van der Waals surface area contributed by atoms with Gasteiger partial charge in [-0.05, 0) is 30.9 Å². The van der Waals surface area contributed by atoms with E-state index in [1.54, 1.807) is 0 Å². The van der Waals surface area contributed by atoms with E-state index in [9.17, 15) is 28.3 Å². The number of Topliss-reactive ketones (excluding diaryl/α,β-unsaturated/α-hetero) is 1. The van der Waals surface area contributed by atoms with E-state index >= 15 is 0 Å². The Morgan fingerprint density at radius 3 is 2.52 bits per heavy atom. The van der Waals surface area contributed by atoms with Crippen molar-refractivity contribution in [1.82, 2.24) is 5.32 Å². The van der Waals surface area contributed by atoms with E-state index in [-0.39, 0.29) is 12.2 Å². The van der Waals surface area contributed by atoms with Crippen molar-refractivity contribution in [2.75, 3.05) is 0 Å². The molecule has 1 aliphatic rings. The number of ketones is 1. The Hall–Kier alpha value is -2.31. The highest BCUT2D eigenvalue weighted by atomic mass is 19.1. The number of rotatable bonds is 5. The molecule has 7 heteroatoms. The molecule has 1 aromatic rings. The molecule has 2 atom stereocenters. The van der Waals surface area contributed by atoms with Crippen molar-refractivity contribution >= 4 is 17.7 Å². The lowest BCUT2D eigenvalue weighted by atomic mass is 9.83. The number of hydrogen-bond donors (Lipinski definition) is 2. The molecule has 0 aliphatic heterocycles. The van der Waals surface area contributed by atoms with Crippen molar-refractivity contribution in [3.8, 4) is 0 Å². The summed E-state index contributed by atoms with van der Waals surface area (Å²) in [6, 6.07) is 2.00. The zero-order valence-electron chi connectivity index (χ0n) is 12.4. The van der Waals surface area contributed by atoms with Crippen molar-refractivity contribution in [3.63, 3.8) is 0 Å². The molecule has 1 fully saturated rings. The molecule has 2 rings (SSSR count). The summed E-state index contributed by atoms with van der Waals surface area (Å²) in [4.78, 5) is 34.8. The Kier molecular flexibility index (Phi) is 5.41. The average molecular weight is 325 g/mol. The van der Waals surface area contributed by atoms with E-state index < -0.39 is 47.5 Å². The molecule has 5 nitrogen and oxygen atoms in total. The Morgan fingerprint density at radius 2 is 1.96 bits per heavy atom. The lowest BCUT2D eigenvalue weighted by Gasteiger charge is -2.27. The summed E-state index contributed by atoms with van der Waals surface area (Å²) < 4.78 is 27.1. The van der Waals surface area contributed by atoms with Crippen LogP contribution in [-0.4, -0.2) is 28.8 Å². The van der Waals surface area contributed by atoms with Crippen molar-refractivity contribution in [1.29, 1.82) is 0 Å². The molecule has 1 saturated carbocycles. The standard InChI is InChI=1S/C16H17F2NO4/c17-12-5-2-6-13(18)11(12)8-14(21)19-15(16(22)23)9-3-1-4-10(20)7-9/h2,5-6,9,15H,1,3-4,7-8H2,(H,19,21)(H,22,23)/t9-,15-/m0/s1. The number of amides is 1. The minimum atomic E-state index is -1.26. The summed E-state index contributed by atoms with van der Waals surface area (Å²) in [5.41, 5.74) is -0.408. The van der Waals surface area contributed by atoms with Gasteiger partial charge in [-0.1, -0.05) is 6.07 Å². The Bertz CT molecular complexity index is 612. The third-order valence-corrected chi connectivity index (χ3v) is 3.97. The summed E-state index contributed by atoms with van der Waals surface area (Å²) >= 11 is 0. The predicted molar refractivity (Wildman–Crippen MR) is 76.6 cm³/mol. The molecule has 1 amide bonds. The molecule has 0 bridgehead atoms. The molecule has 0 spiro atoms. The van der Waals surface area contributed by atoms with Gasteiger partial charge in [0, 0.05) is 18.4 Å². The van der Waals surface area contributed by atoms with Crippen LogP contribution < -0.4 is 5.32 Å². The lowest BCUT2D eigenvalue weighted by Crippen LogP contribution is -2.48. The van der Waals surface area contributed by atoms with Crippen LogP contribution in [-0.2, 0) is 20.8 Å². The molecule has 0 aromatic heterocycles. The van der Waals surface area contributed by atoms with Crippen molar-refractivity contribution in [2.45, 2.75) is 38.1 Å². The topological polar surface area (TPSA) is 83.5 Å². The number of hydrogen-bond acceptors (Lipinski definition) is 3. The number of carboxylic acids is 1. The highest BCUT2D eigenvalue weighted by Crippen LogP contribution is 2.25. The first-order chi connectivity index (χ1) is 10.9. The molecule has 1 aromatic carbocycles. The second-order valence-electron chi connectivity index (χ2n) is 5.66. The summed E-state index contributed by atoms with van der Waals surface area (Å²) in [6.45, 7) is 0. The van der Waals surface area contributed by atoms with Crippen LogP contribution >= 0.6 is 0 Å². The monoisotopic (exact) mass is 325 g/mol. The van der Waals surface area contributed by atoms with Gasteiger partial charge in [-0.25, -0.2) is 13.6 Å². The van der Waals surface area contributed by atoms with Gasteiger partial charge in [0.2, 0.25) is 5.91 Å². The first-order valence-corrected chi connectivity index (χ1v) is 7.35. The number of benzene rings is 1. The van der Waals surface area contributed by atoms with Crippen LogP contribution in [0.25, 0.3) is 0 Å². The summed E-state index contributed by atoms with van der Waals surface area (Å²) in [5, 5.41) is 11.5. The van der Waals surface area contributed by atoms with Crippen LogP contribution in [0.15, 0.2) is 18.2 Å². The molecular formula is C16H17F2NO4. The SMILES string of the molecule is O=C1CCC[C@H]([C@H](NC(=O)Cc2c(F)cccc2F)C(=O)O)C1. The van der Waals surface area contributed by atoms with E-state index in [0.717, 1.165) is 12.1 Å². The third kappa shape index (κ3) is 4.34. The molecule has 23 heavy (non-hydrogen) atoms. The number of carbonyl (C=O) groups excluding carboxylic acids is 2. The van der Waals surface area contributed by atoms with Gasteiger partial charge in [-0.2, -0.15) is 0 Å². The van der Waals surface area contributed by atoms with Gasteiger partial charge in [-0.3, -0.25) is 9.59 Å². The Balaban J connectivity index is 2.06. The molecule has 0 radical (unpaired) electrons. The predicted octanol–water partition coefficient (Wildman–Crippen LogP) is 1.84. The normalized spacial score (nSPS) is 19.2. The Labute approximate surface area is 131 Å². The summed E-state index contributed by atoms with van der Waals surface area (Å²) in [5.74, 6) is -4.31. The van der Waals surface area contributed by atoms with Crippen LogP contribution in [0.2, 0.25) is 0 Å².